The summed E-state index contributed by atoms with van der Waals surface area (Å²) in [7, 11) is 1.40. The topological polar surface area (TPSA) is 211 Å². The van der Waals surface area contributed by atoms with Crippen molar-refractivity contribution in [2.24, 2.45) is 0 Å². The fourth-order valence-corrected chi connectivity index (χ4v) is 2.78. The number of aromatic nitrogens is 4. The predicted molar refractivity (Wildman–Crippen MR) is 118 cm³/mol. The first kappa shape index (κ1) is 19.2. The first-order valence-electron chi connectivity index (χ1n) is 11.0. The van der Waals surface area contributed by atoms with E-state index in [4.69, 9.17) is 20.7 Å². The highest BCUT2D eigenvalue weighted by molar-refractivity contribution is 5.97. The Labute approximate surface area is 191 Å². The number of hydrogen-bond donors (Lipinski definition) is 5. The van der Waals surface area contributed by atoms with Gasteiger partial charge in [-0.2, -0.15) is 9.97 Å². The molecule has 0 bridgehead atoms. The van der Waals surface area contributed by atoms with Gasteiger partial charge in [0.25, 0.3) is 5.91 Å². The van der Waals surface area contributed by atoms with Gasteiger partial charge in [-0.25, -0.2) is 14.8 Å². The molecular weight excluding hydrogens is 432 g/mol. The first-order chi connectivity index (χ1) is 16.8. The third kappa shape index (κ3) is 5.78. The van der Waals surface area contributed by atoms with Gasteiger partial charge >= 0.3 is 11.9 Å². The highest BCUT2D eigenvalue weighted by Gasteiger charge is 2.21. The third-order valence-corrected chi connectivity index (χ3v) is 4.44. The molecule has 0 aliphatic heterocycles. The Morgan fingerprint density at radius 2 is 1.88 bits per heavy atom. The van der Waals surface area contributed by atoms with Crippen LogP contribution in [0.2, 0.25) is 0 Å². The molecule has 1 amide bonds. The standard InChI is InChI=1S/C20H22N8O5/c1-28(9-11-8-23-17-15(24-11)16(21)26-20(22)27-17)12-4-2-10(3-5-12)18(31)25-13(19(32)33)6-7-14(29)30/h2-5,8,13H,6-7,9H2,1H3,(H,25,31)(H,29,30)(H,32,33)(H4,21,22,23,26,27)/i8D,9D2. The van der Waals surface area contributed by atoms with Crippen molar-refractivity contribution in [3.63, 3.8) is 0 Å². The van der Waals surface area contributed by atoms with Gasteiger partial charge in [0.05, 0.1) is 22.5 Å². The summed E-state index contributed by atoms with van der Waals surface area (Å²) in [5, 5.41) is 20.2. The molecule has 0 saturated carbocycles. The largest absolute Gasteiger partial charge is 0.481 e. The quantitative estimate of drug-likeness (QED) is 0.293. The molecule has 3 aromatic rings. The number of aliphatic carboxylic acids is 2. The van der Waals surface area contributed by atoms with Gasteiger partial charge in [-0.15, -0.1) is 0 Å². The van der Waals surface area contributed by atoms with E-state index in [2.05, 4.69) is 25.3 Å². The van der Waals surface area contributed by atoms with Crippen LogP contribution in [0.15, 0.2) is 30.4 Å². The van der Waals surface area contributed by atoms with Crippen LogP contribution < -0.4 is 21.7 Å². The number of carbonyl (C=O) groups is 3. The predicted octanol–water partition coefficient (Wildman–Crippen LogP) is 0.268. The van der Waals surface area contributed by atoms with Gasteiger partial charge in [-0.3, -0.25) is 9.59 Å². The Morgan fingerprint density at radius 1 is 1.18 bits per heavy atom. The van der Waals surface area contributed by atoms with Crippen molar-refractivity contribution < 1.29 is 28.7 Å². The van der Waals surface area contributed by atoms with Crippen LogP contribution in [0.1, 0.15) is 33.0 Å². The highest BCUT2D eigenvalue weighted by Crippen LogP contribution is 2.19. The number of anilines is 3. The fourth-order valence-electron chi connectivity index (χ4n) is 2.78. The smallest absolute Gasteiger partial charge is 0.326 e. The van der Waals surface area contributed by atoms with Gasteiger partial charge in [-0.1, -0.05) is 0 Å². The van der Waals surface area contributed by atoms with E-state index in [0.717, 1.165) is 4.90 Å². The third-order valence-electron chi connectivity index (χ3n) is 4.44. The van der Waals surface area contributed by atoms with Crippen LogP contribution in [-0.4, -0.2) is 61.1 Å². The summed E-state index contributed by atoms with van der Waals surface area (Å²) < 4.78 is 25.3. The van der Waals surface area contributed by atoms with E-state index in [1.165, 1.54) is 31.3 Å². The van der Waals surface area contributed by atoms with Crippen LogP contribution in [0.3, 0.4) is 0 Å². The number of rotatable bonds is 9. The maximum Gasteiger partial charge on any atom is 0.326 e. The molecule has 33 heavy (non-hydrogen) atoms. The summed E-state index contributed by atoms with van der Waals surface area (Å²) >= 11 is 0. The number of carboxylic acid groups (broad SMARTS) is 2. The Bertz CT molecular complexity index is 1340. The lowest BCUT2D eigenvalue weighted by Crippen LogP contribution is -2.41. The average molecular weight is 457 g/mol. The maximum absolute atomic E-state index is 12.4. The Morgan fingerprint density at radius 3 is 2.52 bits per heavy atom. The molecule has 1 atom stereocenters. The van der Waals surface area contributed by atoms with Crippen molar-refractivity contribution in [2.45, 2.75) is 25.4 Å². The lowest BCUT2D eigenvalue weighted by atomic mass is 10.1. The summed E-state index contributed by atoms with van der Waals surface area (Å²) in [6, 6.07) is 4.12. The normalized spacial score (nSPS) is 13.4. The second-order valence-electron chi connectivity index (χ2n) is 6.84. The van der Waals surface area contributed by atoms with E-state index >= 15 is 0 Å². The lowest BCUT2D eigenvalue weighted by Gasteiger charge is -2.19. The van der Waals surface area contributed by atoms with E-state index in [1.54, 1.807) is 0 Å². The number of amides is 1. The minimum Gasteiger partial charge on any atom is -0.481 e. The van der Waals surface area contributed by atoms with Crippen molar-refractivity contribution in [2.75, 3.05) is 23.4 Å². The zero-order chi connectivity index (χ0) is 26.8. The van der Waals surface area contributed by atoms with Gasteiger partial charge in [0, 0.05) is 24.7 Å². The number of carbonyl (C=O) groups excluding carboxylic acids is 1. The molecule has 7 N–H and O–H groups in total. The highest BCUT2D eigenvalue weighted by atomic mass is 16.4. The van der Waals surface area contributed by atoms with E-state index in [9.17, 15) is 19.5 Å². The molecule has 1 unspecified atom stereocenters. The lowest BCUT2D eigenvalue weighted by molar-refractivity contribution is -0.140. The van der Waals surface area contributed by atoms with E-state index < -0.39 is 43.0 Å². The van der Waals surface area contributed by atoms with Crippen LogP contribution >= 0.6 is 0 Å². The molecule has 13 nitrogen and oxygen atoms in total. The van der Waals surface area contributed by atoms with Crippen molar-refractivity contribution in [1.29, 1.82) is 0 Å². The van der Waals surface area contributed by atoms with E-state index in [-0.39, 0.29) is 40.6 Å². The molecular formula is C20H22N8O5. The van der Waals surface area contributed by atoms with Crippen molar-refractivity contribution in [3.05, 3.63) is 41.7 Å². The van der Waals surface area contributed by atoms with Crippen LogP contribution in [0.25, 0.3) is 11.2 Å². The van der Waals surface area contributed by atoms with E-state index in [0.29, 0.717) is 5.69 Å². The molecule has 0 saturated heterocycles. The Balaban J connectivity index is 1.84. The SMILES string of the molecule is [2H]c1nc2nc(N)nc(N)c2nc1C([2H])([2H])N(C)c1ccc(C(=O)NC(CCC(=O)O)C(=O)O)cc1. The fraction of sp³-hybridized carbons (Fsp3) is 0.250. The van der Waals surface area contributed by atoms with Gasteiger partial charge < -0.3 is 31.9 Å². The molecule has 0 spiro atoms. The average Bonchev–Trinajstić information content (AvgIpc) is 2.80. The molecule has 2 heterocycles. The molecule has 0 aliphatic rings. The Kier molecular flexibility index (Phi) is 5.64. The summed E-state index contributed by atoms with van der Waals surface area (Å²) in [6.45, 7) is -2.36. The molecule has 0 fully saturated rings. The number of hydrogen-bond acceptors (Lipinski definition) is 10. The van der Waals surface area contributed by atoms with Crippen molar-refractivity contribution in [3.8, 4) is 0 Å². The second-order valence-corrected chi connectivity index (χ2v) is 6.84. The van der Waals surface area contributed by atoms with Gasteiger partial charge in [-0.05, 0) is 30.7 Å². The molecule has 2 aromatic heterocycles. The molecule has 13 heteroatoms. The minimum absolute atomic E-state index is 0.0182. The Hall–Kier alpha value is -4.55. The van der Waals surface area contributed by atoms with Crippen LogP contribution in [-0.2, 0) is 16.1 Å². The molecule has 1 aromatic carbocycles. The number of carboxylic acids is 2. The zero-order valence-electron chi connectivity index (χ0n) is 20.3. The van der Waals surface area contributed by atoms with Crippen LogP contribution in [0.4, 0.5) is 17.5 Å². The summed E-state index contributed by atoms with van der Waals surface area (Å²) in [5.74, 6) is -3.59. The summed E-state index contributed by atoms with van der Waals surface area (Å²) in [4.78, 5) is 51.3. The molecule has 3 rings (SSSR count). The number of nitrogens with zero attached hydrogens (tertiary/aromatic N) is 5. The number of benzene rings is 1. The number of nitrogens with one attached hydrogen (secondary N) is 1. The monoisotopic (exact) mass is 457 g/mol. The molecule has 172 valence electrons. The summed E-state index contributed by atoms with van der Waals surface area (Å²) in [6.07, 6.45) is -1.22. The number of nitrogens with two attached hydrogens (primary N) is 2. The zero-order valence-corrected chi connectivity index (χ0v) is 17.3. The van der Waals surface area contributed by atoms with E-state index in [1.807, 2.05) is 0 Å². The van der Waals surface area contributed by atoms with Crippen molar-refractivity contribution in [1.82, 2.24) is 25.3 Å². The van der Waals surface area contributed by atoms with Gasteiger partial charge in [0.1, 0.15) is 6.04 Å². The minimum atomic E-state index is -2.36. The summed E-state index contributed by atoms with van der Waals surface area (Å²) in [5.41, 5.74) is 11.3. The van der Waals surface area contributed by atoms with Crippen LogP contribution in [0.5, 0.6) is 0 Å². The molecule has 0 aliphatic carbocycles. The van der Waals surface area contributed by atoms with Gasteiger partial charge in [0.2, 0.25) is 5.95 Å². The molecule has 0 radical (unpaired) electrons. The number of fused-ring (bicyclic) bond motifs is 1. The number of nitrogen functional groups attached to an aromatic ring is 2. The van der Waals surface area contributed by atoms with Crippen molar-refractivity contribution >= 4 is 46.5 Å². The maximum atomic E-state index is 12.4. The van der Waals surface area contributed by atoms with Crippen LogP contribution in [0, 0.1) is 0 Å². The first-order valence-corrected chi connectivity index (χ1v) is 9.48. The second kappa shape index (κ2) is 9.72. The van der Waals surface area contributed by atoms with Gasteiger partial charge in [0.15, 0.2) is 17.0 Å².